The number of rotatable bonds is 19. The van der Waals surface area contributed by atoms with Gasteiger partial charge in [-0.05, 0) is 154 Å². The van der Waals surface area contributed by atoms with Crippen molar-refractivity contribution in [3.05, 3.63) is 48.6 Å². The number of carbonyl (C=O) groups is 6. The van der Waals surface area contributed by atoms with Crippen LogP contribution in [0.25, 0.3) is 0 Å². The SMILES string of the molecule is C=C1CC(=O)C(C(C)C)(C(C)C)C1.C=C1CC(=O)C(SC(C(C)C)C(C)C)C1.C=C1CC(=O)CC(C(C)C)(C(C)C)C1.C=C1CCC(C(C)C)(C(C)C)C(=O)C1.CC(=O)CC(=O)OC(C(C)C)C(C)C.CC(C)OC(C(C)C)C1C2CCC#CCCC21. The third-order valence-corrected chi connectivity index (χ3v) is 22.5. The predicted octanol–water partition coefficient (Wildman–Crippen LogP) is 20.1. The molecule has 0 aromatic rings. The second-order valence-electron chi connectivity index (χ2n) is 31.2. The van der Waals surface area contributed by atoms with E-state index in [0.717, 1.165) is 91.4 Å². The molecule has 9 heteroatoms. The Labute approximate surface area is 539 Å². The number of hydrogen-bond acceptors (Lipinski definition) is 9. The summed E-state index contributed by atoms with van der Waals surface area (Å²) in [4.78, 5) is 69.3. The van der Waals surface area contributed by atoms with E-state index < -0.39 is 5.97 Å². The van der Waals surface area contributed by atoms with Gasteiger partial charge in [0.2, 0.25) is 0 Å². The second kappa shape index (κ2) is 37.2. The smallest absolute Gasteiger partial charge is 0.313 e. The topological polar surface area (TPSA) is 121 Å². The van der Waals surface area contributed by atoms with Gasteiger partial charge in [-0.15, -0.1) is 23.6 Å². The number of esters is 1. The van der Waals surface area contributed by atoms with Gasteiger partial charge in [-0.1, -0.05) is 201 Å². The summed E-state index contributed by atoms with van der Waals surface area (Å²) in [6.45, 7) is 69.3. The van der Waals surface area contributed by atoms with Gasteiger partial charge in [0, 0.05) is 61.0 Å². The standard InChI is InChI=1S/C16H26O.C13H22OS.2C13H22O.C12H20O.C11H20O3/c1-11(2)16(17-12(3)4)15-13-9-7-5-6-8-10-14(13)15;1-8(2)13(9(3)4)15-12-7-10(5)6-11(12)14;1-9(2)13(10(3)4)7-11(5)6-12(14)8-13;1-9(2)13(10(3)4)7-6-11(5)8-12(13)14;1-8(2)12(9(3)4)7-10(5)6-11(12)13;1-7(2)11(8(3)4)14-10(13)6-9(5)12/h11-16H,7-10H2,1-4H3;8-9,12-13H,5-7H2,1-4H3;2*9-10H,5-8H2,1-4H3;8-9H,5-7H2,1-4H3;7-8,11H,6H2,1-5H3. The average Bonchev–Trinajstić information content (AvgIpc) is 1.74. The maximum Gasteiger partial charge on any atom is 0.313 e. The van der Waals surface area contributed by atoms with Gasteiger partial charge in [0.25, 0.3) is 0 Å². The molecule has 0 radical (unpaired) electrons. The molecule has 0 amide bonds. The number of ketones is 5. The van der Waals surface area contributed by atoms with Crippen LogP contribution in [-0.4, -0.2) is 63.7 Å². The maximum atomic E-state index is 12.1. The molecule has 87 heavy (non-hydrogen) atoms. The van der Waals surface area contributed by atoms with Gasteiger partial charge in [-0.3, -0.25) is 28.8 Å². The zero-order chi connectivity index (χ0) is 67.4. The highest BCUT2D eigenvalue weighted by Crippen LogP contribution is 2.56. The van der Waals surface area contributed by atoms with Crippen molar-refractivity contribution in [2.75, 3.05) is 0 Å². The number of thioether (sulfide) groups is 1. The van der Waals surface area contributed by atoms with Gasteiger partial charge < -0.3 is 9.47 Å². The molecule has 5 fully saturated rings. The molecule has 6 aliphatic carbocycles. The molecule has 6 aliphatic rings. The Kier molecular flexibility index (Phi) is 34.9. The summed E-state index contributed by atoms with van der Waals surface area (Å²) < 4.78 is 11.4. The van der Waals surface area contributed by atoms with Gasteiger partial charge in [0.05, 0.1) is 17.5 Å². The maximum absolute atomic E-state index is 12.1. The van der Waals surface area contributed by atoms with Crippen molar-refractivity contribution >= 4 is 46.6 Å². The molecule has 5 saturated carbocycles. The quantitative estimate of drug-likeness (QED) is 0.0539. The molecule has 4 unspecified atom stereocenters. The van der Waals surface area contributed by atoms with Crippen molar-refractivity contribution in [2.45, 2.75) is 298 Å². The summed E-state index contributed by atoms with van der Waals surface area (Å²) in [5.41, 5.74) is 4.46. The van der Waals surface area contributed by atoms with Crippen molar-refractivity contribution in [3.63, 3.8) is 0 Å². The lowest BCUT2D eigenvalue weighted by molar-refractivity contribution is -0.155. The zero-order valence-electron chi connectivity index (χ0n) is 60.6. The number of ether oxygens (including phenoxy) is 2. The van der Waals surface area contributed by atoms with Crippen molar-refractivity contribution in [2.24, 2.45) is 99.1 Å². The fourth-order valence-electron chi connectivity index (χ4n) is 15.4. The fraction of sp³-hybridized carbons (Fsp3) is 0.795. The summed E-state index contributed by atoms with van der Waals surface area (Å²) in [5, 5.41) is 0.775. The van der Waals surface area contributed by atoms with Crippen LogP contribution in [0.3, 0.4) is 0 Å². The highest BCUT2D eigenvalue weighted by molar-refractivity contribution is 8.01. The minimum absolute atomic E-state index is 0.0822. The molecule has 0 aromatic heterocycles. The third-order valence-electron chi connectivity index (χ3n) is 20.3. The lowest BCUT2D eigenvalue weighted by atomic mass is 9.59. The van der Waals surface area contributed by atoms with Gasteiger partial charge in [-0.2, -0.15) is 0 Å². The van der Waals surface area contributed by atoms with Crippen LogP contribution < -0.4 is 0 Å². The number of carbonyl (C=O) groups excluding carboxylic acids is 6. The molecular formula is C78H132O8S. The van der Waals surface area contributed by atoms with Crippen LogP contribution in [0, 0.1) is 111 Å². The molecule has 0 spiro atoms. The predicted molar refractivity (Wildman–Crippen MR) is 370 cm³/mol. The Morgan fingerprint density at radius 2 is 0.989 bits per heavy atom. The molecule has 4 atom stereocenters. The number of fused-ring (bicyclic) bond motifs is 1. The molecule has 0 saturated heterocycles. The Morgan fingerprint density at radius 1 is 0.540 bits per heavy atom. The highest BCUT2D eigenvalue weighted by Gasteiger charge is 2.54. The largest absolute Gasteiger partial charge is 0.461 e. The molecule has 8 nitrogen and oxygen atoms in total. The first-order valence-corrected chi connectivity index (χ1v) is 35.2. The van der Waals surface area contributed by atoms with E-state index in [-0.39, 0.29) is 51.6 Å². The van der Waals surface area contributed by atoms with Gasteiger partial charge in [0.15, 0.2) is 0 Å². The van der Waals surface area contributed by atoms with Crippen LogP contribution in [0.4, 0.5) is 0 Å². The summed E-state index contributed by atoms with van der Waals surface area (Å²) in [7, 11) is 0. The lowest BCUT2D eigenvalue weighted by Gasteiger charge is -2.44. The van der Waals surface area contributed by atoms with E-state index in [4.69, 9.17) is 9.47 Å². The first-order valence-electron chi connectivity index (χ1n) is 34.3. The van der Waals surface area contributed by atoms with Crippen molar-refractivity contribution in [1.29, 1.82) is 0 Å². The Hall–Kier alpha value is -3.35. The first kappa shape index (κ1) is 81.7. The van der Waals surface area contributed by atoms with E-state index in [0.29, 0.717) is 120 Å². The lowest BCUT2D eigenvalue weighted by Crippen LogP contribution is -2.43. The van der Waals surface area contributed by atoms with E-state index in [1.807, 2.05) is 39.5 Å². The minimum atomic E-state index is -0.412. The van der Waals surface area contributed by atoms with Crippen LogP contribution in [-0.2, 0) is 38.2 Å². The van der Waals surface area contributed by atoms with Crippen LogP contribution in [0.5, 0.6) is 0 Å². The summed E-state index contributed by atoms with van der Waals surface area (Å²) >= 11 is 1.87. The van der Waals surface area contributed by atoms with Crippen LogP contribution in [0.15, 0.2) is 48.6 Å². The second-order valence-corrected chi connectivity index (χ2v) is 32.5. The monoisotopic (exact) mass is 1230 g/mol. The molecule has 6 rings (SSSR count). The first-order chi connectivity index (χ1) is 40.1. The van der Waals surface area contributed by atoms with Crippen LogP contribution >= 0.6 is 11.8 Å². The van der Waals surface area contributed by atoms with Gasteiger partial charge >= 0.3 is 5.97 Å². The Bertz CT molecular complexity index is 2260. The molecule has 0 aliphatic heterocycles. The van der Waals surface area contributed by atoms with Gasteiger partial charge in [0.1, 0.15) is 41.4 Å². The number of hydrogen-bond donors (Lipinski definition) is 0. The van der Waals surface area contributed by atoms with Crippen LogP contribution in [0.1, 0.15) is 269 Å². The van der Waals surface area contributed by atoms with Gasteiger partial charge in [-0.25, -0.2) is 0 Å². The number of Topliss-reactive ketones (excluding diaryl/α,β-unsaturated/α-hetero) is 5. The van der Waals surface area contributed by atoms with Crippen molar-refractivity contribution in [3.8, 4) is 11.8 Å². The normalized spacial score (nSPS) is 22.6. The average molecular weight is 1230 g/mol. The molecule has 0 heterocycles. The summed E-state index contributed by atoms with van der Waals surface area (Å²) in [6.07, 6.45) is 13.5. The Balaban J connectivity index is 0.000000523. The van der Waals surface area contributed by atoms with Crippen molar-refractivity contribution in [1.82, 2.24) is 0 Å². The van der Waals surface area contributed by atoms with E-state index >= 15 is 0 Å². The molecular weight excluding hydrogens is 1100 g/mol. The summed E-state index contributed by atoms with van der Waals surface area (Å²) in [6, 6.07) is 0. The molecule has 0 aromatic carbocycles. The number of allylic oxidation sites excluding steroid dienone is 4. The van der Waals surface area contributed by atoms with Crippen molar-refractivity contribution < 1.29 is 38.2 Å². The molecule has 498 valence electrons. The van der Waals surface area contributed by atoms with Crippen LogP contribution in [0.2, 0.25) is 0 Å². The van der Waals surface area contributed by atoms with E-state index in [9.17, 15) is 28.8 Å². The third kappa shape index (κ3) is 24.3. The fourth-order valence-corrected chi connectivity index (χ4v) is 17.0. The van der Waals surface area contributed by atoms with E-state index in [1.165, 1.54) is 19.8 Å². The molecule has 0 N–H and O–H groups in total. The summed E-state index contributed by atoms with van der Waals surface area (Å²) in [5.74, 6) is 15.5. The molecule has 0 bridgehead atoms. The van der Waals surface area contributed by atoms with E-state index in [2.05, 4.69) is 177 Å². The minimum Gasteiger partial charge on any atom is -0.461 e. The highest BCUT2D eigenvalue weighted by atomic mass is 32.2. The Morgan fingerprint density at radius 3 is 1.31 bits per heavy atom. The van der Waals surface area contributed by atoms with E-state index in [1.54, 1.807) is 0 Å². The zero-order valence-corrected chi connectivity index (χ0v) is 61.4.